The molecule has 118 valence electrons. The van der Waals surface area contributed by atoms with Gasteiger partial charge < -0.3 is 10.1 Å². The molecule has 1 saturated carbocycles. The lowest BCUT2D eigenvalue weighted by Crippen LogP contribution is -2.33. The van der Waals surface area contributed by atoms with Gasteiger partial charge in [-0.2, -0.15) is 0 Å². The number of hydrogen-bond acceptors (Lipinski definition) is 2. The predicted molar refractivity (Wildman–Crippen MR) is 89.8 cm³/mol. The van der Waals surface area contributed by atoms with Crippen LogP contribution in [0.2, 0.25) is 0 Å². The van der Waals surface area contributed by atoms with Crippen LogP contribution in [0.15, 0.2) is 30.3 Å². The molecule has 0 saturated heterocycles. The van der Waals surface area contributed by atoms with E-state index in [2.05, 4.69) is 49.5 Å². The molecular weight excluding hydrogens is 258 g/mol. The van der Waals surface area contributed by atoms with Crippen LogP contribution < -0.4 is 5.32 Å². The first kappa shape index (κ1) is 16.5. The summed E-state index contributed by atoms with van der Waals surface area (Å²) in [7, 11) is 0. The SMILES string of the molecule is CC(C)OCCCCNC1CCC(c2ccccc2)CC1. The topological polar surface area (TPSA) is 21.3 Å². The van der Waals surface area contributed by atoms with Crippen molar-refractivity contribution in [2.75, 3.05) is 13.2 Å². The lowest BCUT2D eigenvalue weighted by Gasteiger charge is -2.29. The van der Waals surface area contributed by atoms with Crippen LogP contribution in [0.1, 0.15) is 63.9 Å². The lowest BCUT2D eigenvalue weighted by molar-refractivity contribution is 0.0758. The molecule has 1 aliphatic rings. The first-order chi connectivity index (χ1) is 10.3. The number of hydrogen-bond donors (Lipinski definition) is 1. The van der Waals surface area contributed by atoms with Crippen LogP contribution in [-0.4, -0.2) is 25.3 Å². The third-order valence-corrected chi connectivity index (χ3v) is 4.45. The van der Waals surface area contributed by atoms with E-state index >= 15 is 0 Å². The molecule has 1 aromatic rings. The van der Waals surface area contributed by atoms with Crippen LogP contribution in [0, 0.1) is 0 Å². The molecule has 0 amide bonds. The van der Waals surface area contributed by atoms with Crippen molar-refractivity contribution < 1.29 is 4.74 Å². The van der Waals surface area contributed by atoms with Gasteiger partial charge in [0.15, 0.2) is 0 Å². The highest BCUT2D eigenvalue weighted by Crippen LogP contribution is 2.32. The number of rotatable bonds is 8. The normalized spacial score (nSPS) is 22.6. The van der Waals surface area contributed by atoms with Crippen molar-refractivity contribution in [2.45, 2.75) is 70.4 Å². The summed E-state index contributed by atoms with van der Waals surface area (Å²) in [4.78, 5) is 0. The van der Waals surface area contributed by atoms with Crippen molar-refractivity contribution >= 4 is 0 Å². The van der Waals surface area contributed by atoms with E-state index in [1.807, 2.05) is 0 Å². The molecule has 1 fully saturated rings. The summed E-state index contributed by atoms with van der Waals surface area (Å²) >= 11 is 0. The van der Waals surface area contributed by atoms with Gasteiger partial charge in [0.05, 0.1) is 6.10 Å². The Bertz CT molecular complexity index is 368. The molecule has 0 bridgehead atoms. The summed E-state index contributed by atoms with van der Waals surface area (Å²) in [5.41, 5.74) is 1.53. The van der Waals surface area contributed by atoms with E-state index in [9.17, 15) is 0 Å². The summed E-state index contributed by atoms with van der Waals surface area (Å²) in [5, 5.41) is 3.73. The van der Waals surface area contributed by atoms with Gasteiger partial charge in [-0.15, -0.1) is 0 Å². The average Bonchev–Trinajstić information content (AvgIpc) is 2.52. The summed E-state index contributed by atoms with van der Waals surface area (Å²) in [6, 6.07) is 11.7. The van der Waals surface area contributed by atoms with Crippen molar-refractivity contribution in [2.24, 2.45) is 0 Å². The minimum absolute atomic E-state index is 0.367. The third kappa shape index (κ3) is 6.19. The monoisotopic (exact) mass is 289 g/mol. The van der Waals surface area contributed by atoms with Crippen LogP contribution in [0.5, 0.6) is 0 Å². The minimum atomic E-state index is 0.367. The molecule has 0 aromatic heterocycles. The molecule has 2 rings (SSSR count). The van der Waals surface area contributed by atoms with E-state index in [4.69, 9.17) is 4.74 Å². The quantitative estimate of drug-likeness (QED) is 0.711. The molecule has 0 aliphatic heterocycles. The Labute approximate surface area is 130 Å². The second-order valence-corrected chi connectivity index (χ2v) is 6.54. The first-order valence-electron chi connectivity index (χ1n) is 8.65. The zero-order chi connectivity index (χ0) is 14.9. The van der Waals surface area contributed by atoms with Crippen molar-refractivity contribution in [3.8, 4) is 0 Å². The maximum atomic E-state index is 5.57. The van der Waals surface area contributed by atoms with Gasteiger partial charge in [0.25, 0.3) is 0 Å². The largest absolute Gasteiger partial charge is 0.379 e. The molecule has 2 nitrogen and oxygen atoms in total. The van der Waals surface area contributed by atoms with Gasteiger partial charge in [-0.3, -0.25) is 0 Å². The molecule has 0 spiro atoms. The van der Waals surface area contributed by atoms with Gasteiger partial charge in [0, 0.05) is 12.6 Å². The van der Waals surface area contributed by atoms with Gasteiger partial charge >= 0.3 is 0 Å². The Morgan fingerprint density at radius 1 is 1.05 bits per heavy atom. The Hall–Kier alpha value is -0.860. The highest BCUT2D eigenvalue weighted by Gasteiger charge is 2.21. The molecule has 2 heteroatoms. The molecule has 1 aliphatic carbocycles. The van der Waals surface area contributed by atoms with E-state index in [1.54, 1.807) is 0 Å². The van der Waals surface area contributed by atoms with E-state index in [-0.39, 0.29) is 0 Å². The van der Waals surface area contributed by atoms with Gasteiger partial charge in [0.1, 0.15) is 0 Å². The summed E-state index contributed by atoms with van der Waals surface area (Å²) in [6.45, 7) is 6.25. The Kier molecular flexibility index (Phi) is 7.25. The molecule has 0 unspecified atom stereocenters. The van der Waals surface area contributed by atoms with Gasteiger partial charge in [0.2, 0.25) is 0 Å². The second kappa shape index (κ2) is 9.22. The summed E-state index contributed by atoms with van der Waals surface area (Å²) < 4.78 is 5.57. The Morgan fingerprint density at radius 3 is 2.43 bits per heavy atom. The first-order valence-corrected chi connectivity index (χ1v) is 8.65. The van der Waals surface area contributed by atoms with E-state index in [0.717, 1.165) is 25.1 Å². The van der Waals surface area contributed by atoms with Crippen molar-refractivity contribution in [3.63, 3.8) is 0 Å². The van der Waals surface area contributed by atoms with E-state index in [0.29, 0.717) is 6.10 Å². The van der Waals surface area contributed by atoms with Crippen LogP contribution in [0.3, 0.4) is 0 Å². The van der Waals surface area contributed by atoms with Crippen LogP contribution in [0.25, 0.3) is 0 Å². The van der Waals surface area contributed by atoms with Gasteiger partial charge in [-0.05, 0) is 70.4 Å². The van der Waals surface area contributed by atoms with Crippen LogP contribution in [-0.2, 0) is 4.74 Å². The fraction of sp³-hybridized carbons (Fsp3) is 0.684. The van der Waals surface area contributed by atoms with Gasteiger partial charge in [-0.1, -0.05) is 30.3 Å². The van der Waals surface area contributed by atoms with Crippen molar-refractivity contribution in [1.29, 1.82) is 0 Å². The average molecular weight is 289 g/mol. The molecule has 0 atom stereocenters. The van der Waals surface area contributed by atoms with E-state index < -0.39 is 0 Å². The molecule has 0 heterocycles. The van der Waals surface area contributed by atoms with E-state index in [1.165, 1.54) is 44.1 Å². The Balaban J connectivity index is 1.55. The minimum Gasteiger partial charge on any atom is -0.379 e. The molecular formula is C19H31NO. The zero-order valence-corrected chi connectivity index (χ0v) is 13.7. The molecule has 0 radical (unpaired) electrons. The molecule has 1 N–H and O–H groups in total. The predicted octanol–water partition coefficient (Wildman–Crippen LogP) is 4.51. The highest BCUT2D eigenvalue weighted by molar-refractivity contribution is 5.20. The fourth-order valence-electron chi connectivity index (χ4n) is 3.21. The lowest BCUT2D eigenvalue weighted by atomic mass is 9.82. The third-order valence-electron chi connectivity index (χ3n) is 4.45. The van der Waals surface area contributed by atoms with Gasteiger partial charge in [-0.25, -0.2) is 0 Å². The summed E-state index contributed by atoms with van der Waals surface area (Å²) in [5.74, 6) is 0.781. The maximum absolute atomic E-state index is 5.57. The van der Waals surface area contributed by atoms with Crippen LogP contribution in [0.4, 0.5) is 0 Å². The zero-order valence-electron chi connectivity index (χ0n) is 13.7. The van der Waals surface area contributed by atoms with Crippen LogP contribution >= 0.6 is 0 Å². The number of ether oxygens (including phenoxy) is 1. The second-order valence-electron chi connectivity index (χ2n) is 6.54. The van der Waals surface area contributed by atoms with Crippen molar-refractivity contribution in [3.05, 3.63) is 35.9 Å². The number of nitrogens with one attached hydrogen (secondary N) is 1. The summed E-state index contributed by atoms with van der Waals surface area (Å²) in [6.07, 6.45) is 8.07. The standard InChI is InChI=1S/C19H31NO/c1-16(2)21-15-7-6-14-20-19-12-10-18(11-13-19)17-8-4-3-5-9-17/h3-5,8-9,16,18-20H,6-7,10-15H2,1-2H3. The smallest absolute Gasteiger partial charge is 0.0518 e. The Morgan fingerprint density at radius 2 is 1.76 bits per heavy atom. The van der Waals surface area contributed by atoms with Crippen molar-refractivity contribution in [1.82, 2.24) is 5.32 Å². The maximum Gasteiger partial charge on any atom is 0.0518 e. The highest BCUT2D eigenvalue weighted by atomic mass is 16.5. The number of benzene rings is 1. The fourth-order valence-corrected chi connectivity index (χ4v) is 3.21. The number of unbranched alkanes of at least 4 members (excludes halogenated alkanes) is 1. The molecule has 21 heavy (non-hydrogen) atoms. The molecule has 1 aromatic carbocycles.